The minimum atomic E-state index is -0.223. The van der Waals surface area contributed by atoms with Gasteiger partial charge in [0.25, 0.3) is 11.8 Å². The van der Waals surface area contributed by atoms with Gasteiger partial charge in [0.1, 0.15) is 5.84 Å². The van der Waals surface area contributed by atoms with E-state index in [0.29, 0.717) is 43.3 Å². The largest absolute Gasteiger partial charge is 0.378 e. The zero-order valence-electron chi connectivity index (χ0n) is 18.8. The number of fused-ring (bicyclic) bond motifs is 1. The van der Waals surface area contributed by atoms with Crippen LogP contribution in [0.1, 0.15) is 37.4 Å². The molecule has 7 heteroatoms. The summed E-state index contributed by atoms with van der Waals surface area (Å²) >= 11 is 0. The zero-order chi connectivity index (χ0) is 23.3. The standard InChI is InChI=1S/C27H26N4O3/c32-26(29-17-19-4-2-1-3-5-19)21-6-7-22-18-28-25(24(22)16-21)30-27(33)20-8-10-23(11-9-20)31-12-14-34-15-13-31/h1-11,16H,12-15,17-18H2,(H,29,32)(H,28,30,33). The number of amidine groups is 1. The molecule has 5 rings (SSSR count). The monoisotopic (exact) mass is 454 g/mol. The van der Waals surface area contributed by atoms with Crippen molar-refractivity contribution in [1.29, 1.82) is 0 Å². The van der Waals surface area contributed by atoms with Gasteiger partial charge in [0.2, 0.25) is 0 Å². The Bertz CT molecular complexity index is 1220. The molecule has 0 aromatic heterocycles. The van der Waals surface area contributed by atoms with Crippen LogP contribution in [0.25, 0.3) is 0 Å². The van der Waals surface area contributed by atoms with Crippen LogP contribution in [0.3, 0.4) is 0 Å². The predicted molar refractivity (Wildman–Crippen MR) is 131 cm³/mol. The Morgan fingerprint density at radius 1 is 0.882 bits per heavy atom. The molecule has 0 radical (unpaired) electrons. The van der Waals surface area contributed by atoms with Crippen molar-refractivity contribution in [3.05, 3.63) is 101 Å². The molecule has 0 saturated carbocycles. The van der Waals surface area contributed by atoms with Gasteiger partial charge in [-0.1, -0.05) is 36.4 Å². The second-order valence-electron chi connectivity index (χ2n) is 8.31. The summed E-state index contributed by atoms with van der Waals surface area (Å²) in [5.74, 6) is 0.108. The quantitative estimate of drug-likeness (QED) is 0.621. The summed E-state index contributed by atoms with van der Waals surface area (Å²) in [4.78, 5) is 32.3. The molecule has 172 valence electrons. The summed E-state index contributed by atoms with van der Waals surface area (Å²) < 4.78 is 5.40. The maximum absolute atomic E-state index is 12.9. The molecular formula is C27H26N4O3. The normalized spacial score (nSPS) is 14.8. The SMILES string of the molecule is O=C(NCc1ccccc1)c1ccc2c(c1)C(NC(=O)c1ccc(N3CCOCC3)cc1)=NC2. The van der Waals surface area contributed by atoms with Crippen LogP contribution in [0.4, 0.5) is 5.69 Å². The van der Waals surface area contributed by atoms with E-state index in [-0.39, 0.29) is 11.8 Å². The van der Waals surface area contributed by atoms with Gasteiger partial charge in [-0.15, -0.1) is 0 Å². The van der Waals surface area contributed by atoms with Crippen LogP contribution in [0.5, 0.6) is 0 Å². The number of hydrogen-bond donors (Lipinski definition) is 2. The van der Waals surface area contributed by atoms with Gasteiger partial charge in [-0.25, -0.2) is 0 Å². The van der Waals surface area contributed by atoms with Crippen LogP contribution in [0, 0.1) is 0 Å². The number of benzene rings is 3. The molecule has 3 aromatic carbocycles. The van der Waals surface area contributed by atoms with Crippen molar-refractivity contribution in [2.75, 3.05) is 31.2 Å². The Kier molecular flexibility index (Phi) is 6.35. The smallest absolute Gasteiger partial charge is 0.256 e. The summed E-state index contributed by atoms with van der Waals surface area (Å²) in [6.07, 6.45) is 0. The minimum absolute atomic E-state index is 0.164. The molecule has 0 spiro atoms. The molecule has 0 aliphatic carbocycles. The van der Waals surface area contributed by atoms with E-state index in [1.54, 1.807) is 12.1 Å². The van der Waals surface area contributed by atoms with Gasteiger partial charge in [-0.2, -0.15) is 0 Å². The summed E-state index contributed by atoms with van der Waals surface area (Å²) in [5.41, 5.74) is 4.97. The average molecular weight is 455 g/mol. The van der Waals surface area contributed by atoms with Gasteiger partial charge in [-0.05, 0) is 47.5 Å². The first kappa shape index (κ1) is 21.9. The topological polar surface area (TPSA) is 83.0 Å². The Labute approximate surface area is 198 Å². The number of rotatable bonds is 5. The van der Waals surface area contributed by atoms with Crippen LogP contribution in [-0.2, 0) is 17.8 Å². The maximum Gasteiger partial charge on any atom is 0.256 e. The Morgan fingerprint density at radius 2 is 1.62 bits per heavy atom. The van der Waals surface area contributed by atoms with Gasteiger partial charge < -0.3 is 20.3 Å². The van der Waals surface area contributed by atoms with E-state index in [9.17, 15) is 9.59 Å². The van der Waals surface area contributed by atoms with Gasteiger partial charge in [0.05, 0.1) is 19.8 Å². The van der Waals surface area contributed by atoms with E-state index < -0.39 is 0 Å². The fourth-order valence-electron chi connectivity index (χ4n) is 4.14. The lowest BCUT2D eigenvalue weighted by atomic mass is 10.0. The van der Waals surface area contributed by atoms with E-state index in [1.165, 1.54) is 0 Å². The van der Waals surface area contributed by atoms with E-state index in [2.05, 4.69) is 20.5 Å². The average Bonchev–Trinajstić information content (AvgIpc) is 3.30. The highest BCUT2D eigenvalue weighted by Gasteiger charge is 2.21. The molecule has 2 aliphatic heterocycles. The number of carbonyl (C=O) groups excluding carboxylic acids is 2. The van der Waals surface area contributed by atoms with Crippen molar-refractivity contribution in [3.63, 3.8) is 0 Å². The summed E-state index contributed by atoms with van der Waals surface area (Å²) in [5, 5.41) is 5.86. The minimum Gasteiger partial charge on any atom is -0.378 e. The van der Waals surface area contributed by atoms with E-state index >= 15 is 0 Å². The molecule has 2 aliphatic rings. The second-order valence-corrected chi connectivity index (χ2v) is 8.31. The van der Waals surface area contributed by atoms with E-state index in [4.69, 9.17) is 4.74 Å². The number of carbonyl (C=O) groups is 2. The number of nitrogens with one attached hydrogen (secondary N) is 2. The number of morpholine rings is 1. The summed E-state index contributed by atoms with van der Waals surface area (Å²) in [6.45, 7) is 4.06. The first-order chi connectivity index (χ1) is 16.7. The molecule has 34 heavy (non-hydrogen) atoms. The number of ether oxygens (including phenoxy) is 1. The fraction of sp³-hybridized carbons (Fsp3) is 0.222. The predicted octanol–water partition coefficient (Wildman–Crippen LogP) is 3.14. The highest BCUT2D eigenvalue weighted by molar-refractivity contribution is 6.15. The van der Waals surface area contributed by atoms with Crippen LogP contribution < -0.4 is 15.5 Å². The summed E-state index contributed by atoms with van der Waals surface area (Å²) in [7, 11) is 0. The molecular weight excluding hydrogens is 428 g/mol. The molecule has 2 N–H and O–H groups in total. The molecule has 0 bridgehead atoms. The maximum atomic E-state index is 12.9. The molecule has 0 atom stereocenters. The van der Waals surface area contributed by atoms with Crippen molar-refractivity contribution in [1.82, 2.24) is 10.6 Å². The number of aliphatic imine (C=N–C) groups is 1. The van der Waals surface area contributed by atoms with Gasteiger partial charge >= 0.3 is 0 Å². The number of hydrogen-bond acceptors (Lipinski definition) is 5. The Balaban J connectivity index is 1.24. The molecule has 2 heterocycles. The lowest BCUT2D eigenvalue weighted by Crippen LogP contribution is -2.36. The molecule has 1 fully saturated rings. The van der Waals surface area contributed by atoms with Crippen molar-refractivity contribution in [2.24, 2.45) is 4.99 Å². The van der Waals surface area contributed by atoms with Crippen LogP contribution in [-0.4, -0.2) is 44.0 Å². The van der Waals surface area contributed by atoms with Crippen molar-refractivity contribution < 1.29 is 14.3 Å². The first-order valence-corrected chi connectivity index (χ1v) is 11.4. The van der Waals surface area contributed by atoms with Gasteiger partial charge in [0, 0.05) is 42.0 Å². The van der Waals surface area contributed by atoms with Gasteiger partial charge in [0.15, 0.2) is 0 Å². The number of anilines is 1. The first-order valence-electron chi connectivity index (χ1n) is 11.4. The number of amides is 2. The highest BCUT2D eigenvalue weighted by Crippen LogP contribution is 2.21. The third-order valence-electron chi connectivity index (χ3n) is 6.07. The van der Waals surface area contributed by atoms with Crippen molar-refractivity contribution in [2.45, 2.75) is 13.1 Å². The summed E-state index contributed by atoms with van der Waals surface area (Å²) in [6, 6.07) is 22.8. The molecule has 7 nitrogen and oxygen atoms in total. The van der Waals surface area contributed by atoms with E-state index in [1.807, 2.05) is 60.7 Å². The molecule has 3 aromatic rings. The Morgan fingerprint density at radius 3 is 2.38 bits per heavy atom. The van der Waals surface area contributed by atoms with Gasteiger partial charge in [-0.3, -0.25) is 14.6 Å². The highest BCUT2D eigenvalue weighted by atomic mass is 16.5. The lowest BCUT2D eigenvalue weighted by Gasteiger charge is -2.28. The molecule has 0 unspecified atom stereocenters. The van der Waals surface area contributed by atoms with Crippen LogP contribution in [0.15, 0.2) is 77.8 Å². The molecule has 2 amide bonds. The van der Waals surface area contributed by atoms with Crippen molar-refractivity contribution in [3.8, 4) is 0 Å². The third kappa shape index (κ3) is 4.84. The second kappa shape index (κ2) is 9.89. The third-order valence-corrected chi connectivity index (χ3v) is 6.07. The van der Waals surface area contributed by atoms with Crippen LogP contribution in [0.2, 0.25) is 0 Å². The molecule has 1 saturated heterocycles. The number of nitrogens with zero attached hydrogens (tertiary/aromatic N) is 2. The van der Waals surface area contributed by atoms with Crippen LogP contribution >= 0.6 is 0 Å². The Hall–Kier alpha value is -3.97. The fourth-order valence-corrected chi connectivity index (χ4v) is 4.14. The lowest BCUT2D eigenvalue weighted by molar-refractivity contribution is 0.0949. The zero-order valence-corrected chi connectivity index (χ0v) is 18.8. The van der Waals surface area contributed by atoms with E-state index in [0.717, 1.165) is 35.5 Å². The van der Waals surface area contributed by atoms with Crippen molar-refractivity contribution >= 4 is 23.3 Å².